The molecule has 1 unspecified atom stereocenters. The lowest BCUT2D eigenvalue weighted by molar-refractivity contribution is 0.163. The van der Waals surface area contributed by atoms with Gasteiger partial charge in [0.2, 0.25) is 0 Å². The molecule has 86 valence electrons. The minimum Gasteiger partial charge on any atom is -0.493 e. The molecule has 0 amide bonds. The summed E-state index contributed by atoms with van der Waals surface area (Å²) >= 11 is 0. The Bertz CT molecular complexity index is 293. The van der Waals surface area contributed by atoms with Crippen LogP contribution in [-0.4, -0.2) is 37.2 Å². The maximum Gasteiger partial charge on any atom is 0.161 e. The molecule has 1 rings (SSSR count). The van der Waals surface area contributed by atoms with E-state index in [0.29, 0.717) is 6.61 Å². The van der Waals surface area contributed by atoms with Crippen LogP contribution >= 0.6 is 0 Å². The summed E-state index contributed by atoms with van der Waals surface area (Å²) in [6.45, 7) is 3.54. The molecule has 1 heterocycles. The molecule has 0 aliphatic carbocycles. The lowest BCUT2D eigenvalue weighted by Gasteiger charge is -2.18. The predicted molar refractivity (Wildman–Crippen MR) is 58.1 cm³/mol. The van der Waals surface area contributed by atoms with Gasteiger partial charge in [-0.1, -0.05) is 6.92 Å². The Kier molecular flexibility index (Phi) is 4.58. The van der Waals surface area contributed by atoms with E-state index in [4.69, 9.17) is 9.47 Å². The first-order valence-electron chi connectivity index (χ1n) is 5.02. The monoisotopic (exact) mass is 213 g/mol. The van der Waals surface area contributed by atoms with Gasteiger partial charge >= 0.3 is 0 Å². The number of nitrogens with one attached hydrogen (secondary N) is 1. The Balaban J connectivity index is 2.92. The van der Waals surface area contributed by atoms with Crippen LogP contribution in [-0.2, 0) is 11.8 Å². The lowest BCUT2D eigenvalue weighted by Crippen LogP contribution is -2.27. The first-order chi connectivity index (χ1) is 7.24. The molecule has 1 aromatic rings. The molecule has 5 nitrogen and oxygen atoms in total. The second-order valence-electron chi connectivity index (χ2n) is 3.29. The smallest absolute Gasteiger partial charge is 0.161 e. The topological polar surface area (TPSA) is 48.3 Å². The van der Waals surface area contributed by atoms with Gasteiger partial charge in [-0.3, -0.25) is 4.68 Å². The fourth-order valence-corrected chi connectivity index (χ4v) is 1.63. The lowest BCUT2D eigenvalue weighted by atomic mass is 10.2. The number of methoxy groups -OCH3 is 2. The fraction of sp³-hybridized carbons (Fsp3) is 0.700. The second kappa shape index (κ2) is 5.72. The zero-order valence-electron chi connectivity index (χ0n) is 9.78. The first-order valence-corrected chi connectivity index (χ1v) is 5.02. The van der Waals surface area contributed by atoms with Crippen LogP contribution in [0.25, 0.3) is 0 Å². The standard InChI is InChI=1S/C10H19N3O2/c1-5-11-8(7-14-3)10-9(15-4)6-12-13(10)2/h6,8,11H,5,7H2,1-4H3. The van der Waals surface area contributed by atoms with Crippen molar-refractivity contribution in [2.75, 3.05) is 27.4 Å². The molecule has 0 saturated carbocycles. The van der Waals surface area contributed by atoms with Crippen molar-refractivity contribution in [1.82, 2.24) is 15.1 Å². The quantitative estimate of drug-likeness (QED) is 0.756. The molecule has 0 saturated heterocycles. The Hall–Kier alpha value is -1.07. The summed E-state index contributed by atoms with van der Waals surface area (Å²) < 4.78 is 12.2. The van der Waals surface area contributed by atoms with E-state index in [9.17, 15) is 0 Å². The zero-order chi connectivity index (χ0) is 11.3. The van der Waals surface area contributed by atoms with Gasteiger partial charge in [-0.05, 0) is 6.54 Å². The SMILES string of the molecule is CCNC(COC)c1c(OC)cnn1C. The van der Waals surface area contributed by atoms with Crippen LogP contribution in [0, 0.1) is 0 Å². The van der Waals surface area contributed by atoms with Gasteiger partial charge in [-0.15, -0.1) is 0 Å². The second-order valence-corrected chi connectivity index (χ2v) is 3.29. The molecule has 0 aliphatic rings. The summed E-state index contributed by atoms with van der Waals surface area (Å²) in [7, 11) is 5.24. The van der Waals surface area contributed by atoms with Crippen molar-refractivity contribution in [3.8, 4) is 5.75 Å². The summed E-state index contributed by atoms with van der Waals surface area (Å²) in [6, 6.07) is 0.113. The molecule has 1 aromatic heterocycles. The van der Waals surface area contributed by atoms with Crippen LogP contribution in [0.15, 0.2) is 6.20 Å². The Morgan fingerprint density at radius 3 is 2.80 bits per heavy atom. The average molecular weight is 213 g/mol. The molecule has 0 bridgehead atoms. The van der Waals surface area contributed by atoms with Crippen molar-refractivity contribution in [1.29, 1.82) is 0 Å². The highest BCUT2D eigenvalue weighted by Gasteiger charge is 2.19. The van der Waals surface area contributed by atoms with Gasteiger partial charge in [0, 0.05) is 14.2 Å². The van der Waals surface area contributed by atoms with Gasteiger partial charge in [0.05, 0.1) is 31.6 Å². The Morgan fingerprint density at radius 2 is 2.27 bits per heavy atom. The normalized spacial score (nSPS) is 12.8. The Labute approximate surface area is 90.4 Å². The molecule has 15 heavy (non-hydrogen) atoms. The highest BCUT2D eigenvalue weighted by molar-refractivity contribution is 5.28. The van der Waals surface area contributed by atoms with Crippen molar-refractivity contribution in [3.05, 3.63) is 11.9 Å². The van der Waals surface area contributed by atoms with Crippen LogP contribution < -0.4 is 10.1 Å². The van der Waals surface area contributed by atoms with Crippen LogP contribution in [0.1, 0.15) is 18.7 Å². The third-order valence-corrected chi connectivity index (χ3v) is 2.28. The first kappa shape index (κ1) is 12.0. The van der Waals surface area contributed by atoms with Gasteiger partial charge in [0.15, 0.2) is 5.75 Å². The van der Waals surface area contributed by atoms with Crippen LogP contribution in [0.2, 0.25) is 0 Å². The third kappa shape index (κ3) is 2.70. The largest absolute Gasteiger partial charge is 0.493 e. The van der Waals surface area contributed by atoms with E-state index in [1.54, 1.807) is 20.4 Å². The number of aryl methyl sites for hydroxylation is 1. The average Bonchev–Trinajstić information content (AvgIpc) is 2.59. The molecular weight excluding hydrogens is 194 g/mol. The molecular formula is C10H19N3O2. The number of rotatable bonds is 6. The maximum absolute atomic E-state index is 5.26. The summed E-state index contributed by atoms with van der Waals surface area (Å²) in [5.41, 5.74) is 1.02. The van der Waals surface area contributed by atoms with Gasteiger partial charge < -0.3 is 14.8 Å². The van der Waals surface area contributed by atoms with Crippen molar-refractivity contribution in [3.63, 3.8) is 0 Å². The highest BCUT2D eigenvalue weighted by atomic mass is 16.5. The maximum atomic E-state index is 5.26. The molecule has 0 radical (unpaired) electrons. The van der Waals surface area contributed by atoms with Gasteiger partial charge in [0.25, 0.3) is 0 Å². The molecule has 0 fully saturated rings. The number of nitrogens with zero attached hydrogens (tertiary/aromatic N) is 2. The van der Waals surface area contributed by atoms with E-state index in [0.717, 1.165) is 18.0 Å². The fourth-order valence-electron chi connectivity index (χ4n) is 1.63. The summed E-state index contributed by atoms with van der Waals surface area (Å²) in [4.78, 5) is 0. The molecule has 0 aliphatic heterocycles. The minimum absolute atomic E-state index is 0.113. The number of hydrogen-bond acceptors (Lipinski definition) is 4. The van der Waals surface area contributed by atoms with Crippen molar-refractivity contribution in [2.45, 2.75) is 13.0 Å². The summed E-state index contributed by atoms with van der Waals surface area (Å²) in [5.74, 6) is 0.792. The van der Waals surface area contributed by atoms with Crippen LogP contribution in [0.4, 0.5) is 0 Å². The number of ether oxygens (including phenoxy) is 2. The van der Waals surface area contributed by atoms with Crippen LogP contribution in [0.3, 0.4) is 0 Å². The summed E-state index contributed by atoms with van der Waals surface area (Å²) in [5, 5.41) is 7.50. The van der Waals surface area contributed by atoms with E-state index < -0.39 is 0 Å². The zero-order valence-corrected chi connectivity index (χ0v) is 9.78. The summed E-state index contributed by atoms with van der Waals surface area (Å²) in [6.07, 6.45) is 1.72. The van der Waals surface area contributed by atoms with E-state index >= 15 is 0 Å². The van der Waals surface area contributed by atoms with E-state index in [1.165, 1.54) is 0 Å². The van der Waals surface area contributed by atoms with Crippen molar-refractivity contribution < 1.29 is 9.47 Å². The van der Waals surface area contributed by atoms with Gasteiger partial charge in [0.1, 0.15) is 0 Å². The molecule has 0 spiro atoms. The molecule has 1 atom stereocenters. The third-order valence-electron chi connectivity index (χ3n) is 2.28. The number of aromatic nitrogens is 2. The van der Waals surface area contributed by atoms with Crippen molar-refractivity contribution >= 4 is 0 Å². The molecule has 5 heteroatoms. The van der Waals surface area contributed by atoms with Crippen molar-refractivity contribution in [2.24, 2.45) is 7.05 Å². The van der Waals surface area contributed by atoms with Gasteiger partial charge in [-0.2, -0.15) is 5.10 Å². The Morgan fingerprint density at radius 1 is 1.53 bits per heavy atom. The number of likely N-dealkylation sites (N-methyl/N-ethyl adjacent to an activating group) is 1. The minimum atomic E-state index is 0.113. The van der Waals surface area contributed by atoms with E-state index in [-0.39, 0.29) is 6.04 Å². The molecule has 1 N–H and O–H groups in total. The van der Waals surface area contributed by atoms with E-state index in [2.05, 4.69) is 17.3 Å². The highest BCUT2D eigenvalue weighted by Crippen LogP contribution is 2.24. The molecule has 0 aromatic carbocycles. The predicted octanol–water partition coefficient (Wildman–Crippen LogP) is 0.726. The van der Waals surface area contributed by atoms with Gasteiger partial charge in [-0.25, -0.2) is 0 Å². The van der Waals surface area contributed by atoms with E-state index in [1.807, 2.05) is 11.7 Å². The number of hydrogen-bond donors (Lipinski definition) is 1. The van der Waals surface area contributed by atoms with Crippen LogP contribution in [0.5, 0.6) is 5.75 Å².